The van der Waals surface area contributed by atoms with Gasteiger partial charge in [0.1, 0.15) is 0 Å². The quantitative estimate of drug-likeness (QED) is 0.319. The van der Waals surface area contributed by atoms with Gasteiger partial charge in [-0.1, -0.05) is 72.4 Å². The molecule has 0 bridgehead atoms. The minimum Gasteiger partial charge on any atom is -0.312 e. The summed E-state index contributed by atoms with van der Waals surface area (Å²) in [4.78, 5) is 32.6. The van der Waals surface area contributed by atoms with E-state index in [0.29, 0.717) is 29.1 Å². The van der Waals surface area contributed by atoms with Crippen LogP contribution in [-0.4, -0.2) is 27.8 Å². The normalized spacial score (nSPS) is 10.9. The number of fused-ring (bicyclic) bond motifs is 1. The lowest BCUT2D eigenvalue weighted by atomic mass is 10.2. The largest absolute Gasteiger partial charge is 0.312 e. The predicted molar refractivity (Wildman–Crippen MR) is 127 cm³/mol. The number of thioether (sulfide) groups is 1. The van der Waals surface area contributed by atoms with Crippen LogP contribution in [0.3, 0.4) is 0 Å². The van der Waals surface area contributed by atoms with Crippen molar-refractivity contribution in [2.75, 3.05) is 17.2 Å². The number of carbonyl (C=O) groups is 1. The summed E-state index contributed by atoms with van der Waals surface area (Å²) in [6.07, 6.45) is 0. The molecule has 3 aromatic carbocycles. The number of hydrogen-bond donors (Lipinski definition) is 0. The molecule has 6 heteroatoms. The first-order valence-corrected chi connectivity index (χ1v) is 11.2. The summed E-state index contributed by atoms with van der Waals surface area (Å²) in [5, 5.41) is 1.12. The molecule has 0 saturated heterocycles. The lowest BCUT2D eigenvalue weighted by Crippen LogP contribution is -2.32. The van der Waals surface area contributed by atoms with Crippen molar-refractivity contribution in [3.8, 4) is 0 Å². The molecule has 5 nitrogen and oxygen atoms in total. The molecule has 0 N–H and O–H groups in total. The molecule has 1 aromatic heterocycles. The standard InChI is InChI=1S/C25H23N3O2S/c1-2-27(20-13-7-4-8-14-20)23(29)18-31-25-26-22-16-10-9-15-21(22)24(30)28(25)17-19-11-5-3-6-12-19/h3-16H,2,17-18H2,1H3. The van der Waals surface area contributed by atoms with Crippen molar-refractivity contribution in [3.05, 3.63) is 101 Å². The van der Waals surface area contributed by atoms with E-state index >= 15 is 0 Å². The monoisotopic (exact) mass is 429 g/mol. The van der Waals surface area contributed by atoms with Crippen molar-refractivity contribution in [2.24, 2.45) is 0 Å². The minimum absolute atomic E-state index is 0.0210. The molecule has 1 heterocycles. The van der Waals surface area contributed by atoms with Gasteiger partial charge in [-0.15, -0.1) is 0 Å². The molecule has 156 valence electrons. The van der Waals surface area contributed by atoms with Crippen molar-refractivity contribution in [1.82, 2.24) is 9.55 Å². The fourth-order valence-corrected chi connectivity index (χ4v) is 4.35. The fraction of sp³-hybridized carbons (Fsp3) is 0.160. The van der Waals surface area contributed by atoms with E-state index in [-0.39, 0.29) is 17.2 Å². The van der Waals surface area contributed by atoms with Crippen LogP contribution in [0.4, 0.5) is 5.69 Å². The van der Waals surface area contributed by atoms with Crippen molar-refractivity contribution < 1.29 is 4.79 Å². The van der Waals surface area contributed by atoms with Gasteiger partial charge < -0.3 is 4.90 Å². The summed E-state index contributed by atoms with van der Waals surface area (Å²) in [5.74, 6) is 0.176. The third-order valence-corrected chi connectivity index (χ3v) is 5.98. The summed E-state index contributed by atoms with van der Waals surface area (Å²) in [6.45, 7) is 2.94. The fourth-order valence-electron chi connectivity index (χ4n) is 3.48. The summed E-state index contributed by atoms with van der Waals surface area (Å²) in [5.41, 5.74) is 2.42. The smallest absolute Gasteiger partial charge is 0.262 e. The summed E-state index contributed by atoms with van der Waals surface area (Å²) in [6, 6.07) is 26.7. The third-order valence-electron chi connectivity index (χ3n) is 5.02. The van der Waals surface area contributed by atoms with E-state index in [4.69, 9.17) is 4.98 Å². The Bertz CT molecular complexity index is 1240. The van der Waals surface area contributed by atoms with E-state index in [0.717, 1.165) is 11.3 Å². The van der Waals surface area contributed by atoms with Crippen LogP contribution in [0.5, 0.6) is 0 Å². The lowest BCUT2D eigenvalue weighted by Gasteiger charge is -2.21. The Hall–Kier alpha value is -3.38. The molecule has 4 rings (SSSR count). The summed E-state index contributed by atoms with van der Waals surface area (Å²) in [7, 11) is 0. The van der Waals surface area contributed by atoms with Gasteiger partial charge in [-0.05, 0) is 36.8 Å². The van der Waals surface area contributed by atoms with Crippen molar-refractivity contribution >= 4 is 34.3 Å². The second-order valence-corrected chi connectivity index (χ2v) is 7.99. The Labute approximate surface area is 185 Å². The highest BCUT2D eigenvalue weighted by atomic mass is 32.2. The van der Waals surface area contributed by atoms with E-state index in [1.165, 1.54) is 11.8 Å². The zero-order valence-corrected chi connectivity index (χ0v) is 18.1. The van der Waals surface area contributed by atoms with Crippen LogP contribution in [0.15, 0.2) is 94.9 Å². The Morgan fingerprint density at radius 3 is 2.29 bits per heavy atom. The predicted octanol–water partition coefficient (Wildman–Crippen LogP) is 4.59. The van der Waals surface area contributed by atoms with Gasteiger partial charge >= 0.3 is 0 Å². The van der Waals surface area contributed by atoms with Crippen molar-refractivity contribution in [3.63, 3.8) is 0 Å². The molecule has 1 amide bonds. The zero-order valence-electron chi connectivity index (χ0n) is 17.3. The SMILES string of the molecule is CCN(C(=O)CSc1nc2ccccc2c(=O)n1Cc1ccccc1)c1ccccc1. The second kappa shape index (κ2) is 9.62. The molecule has 0 fully saturated rings. The molecule has 0 radical (unpaired) electrons. The Balaban J connectivity index is 1.65. The van der Waals surface area contributed by atoms with E-state index in [9.17, 15) is 9.59 Å². The number of hydrogen-bond acceptors (Lipinski definition) is 4. The lowest BCUT2D eigenvalue weighted by molar-refractivity contribution is -0.116. The molecule has 0 aliphatic heterocycles. The topological polar surface area (TPSA) is 55.2 Å². The van der Waals surface area contributed by atoms with Crippen LogP contribution in [0.25, 0.3) is 10.9 Å². The molecule has 0 unspecified atom stereocenters. The third kappa shape index (κ3) is 4.70. The van der Waals surface area contributed by atoms with Crippen LogP contribution >= 0.6 is 11.8 Å². The minimum atomic E-state index is -0.0974. The Kier molecular flexibility index (Phi) is 6.48. The second-order valence-electron chi connectivity index (χ2n) is 7.05. The number of rotatable bonds is 7. The van der Waals surface area contributed by atoms with Gasteiger partial charge in [0, 0.05) is 12.2 Å². The first-order chi connectivity index (χ1) is 15.2. The highest BCUT2D eigenvalue weighted by Crippen LogP contribution is 2.21. The molecule has 4 aromatic rings. The molecular formula is C25H23N3O2S. The first-order valence-electron chi connectivity index (χ1n) is 10.2. The van der Waals surface area contributed by atoms with Gasteiger partial charge in [0.15, 0.2) is 5.16 Å². The van der Waals surface area contributed by atoms with Crippen LogP contribution < -0.4 is 10.5 Å². The molecular weight excluding hydrogens is 406 g/mol. The van der Waals surface area contributed by atoms with Gasteiger partial charge in [0.2, 0.25) is 5.91 Å². The van der Waals surface area contributed by atoms with E-state index in [1.807, 2.05) is 85.8 Å². The number of carbonyl (C=O) groups excluding carboxylic acids is 1. The average molecular weight is 430 g/mol. The summed E-state index contributed by atoms with van der Waals surface area (Å²) >= 11 is 1.30. The molecule has 31 heavy (non-hydrogen) atoms. The number of aromatic nitrogens is 2. The molecule has 0 aliphatic carbocycles. The maximum atomic E-state index is 13.2. The van der Waals surface area contributed by atoms with Crippen molar-refractivity contribution in [2.45, 2.75) is 18.6 Å². The zero-order chi connectivity index (χ0) is 21.6. The van der Waals surface area contributed by atoms with E-state index < -0.39 is 0 Å². The molecule has 0 saturated carbocycles. The van der Waals surface area contributed by atoms with Crippen LogP contribution in [0.1, 0.15) is 12.5 Å². The summed E-state index contributed by atoms with van der Waals surface area (Å²) < 4.78 is 1.66. The number of anilines is 1. The van der Waals surface area contributed by atoms with Gasteiger partial charge in [-0.25, -0.2) is 4.98 Å². The first kappa shape index (κ1) is 20.9. The van der Waals surface area contributed by atoms with E-state index in [1.54, 1.807) is 15.5 Å². The Morgan fingerprint density at radius 1 is 0.935 bits per heavy atom. The van der Waals surface area contributed by atoms with Crippen molar-refractivity contribution in [1.29, 1.82) is 0 Å². The maximum absolute atomic E-state index is 13.2. The molecule has 0 atom stereocenters. The maximum Gasteiger partial charge on any atom is 0.262 e. The average Bonchev–Trinajstić information content (AvgIpc) is 2.82. The van der Waals surface area contributed by atoms with Gasteiger partial charge in [-0.3, -0.25) is 14.2 Å². The van der Waals surface area contributed by atoms with Gasteiger partial charge in [0.25, 0.3) is 5.56 Å². The van der Waals surface area contributed by atoms with Crippen LogP contribution in [0, 0.1) is 0 Å². The van der Waals surface area contributed by atoms with Crippen LogP contribution in [0.2, 0.25) is 0 Å². The van der Waals surface area contributed by atoms with Gasteiger partial charge in [0.05, 0.1) is 23.2 Å². The number of amides is 1. The van der Waals surface area contributed by atoms with Crippen LogP contribution in [-0.2, 0) is 11.3 Å². The number of nitrogens with zero attached hydrogens (tertiary/aromatic N) is 3. The molecule has 0 aliphatic rings. The highest BCUT2D eigenvalue weighted by Gasteiger charge is 2.17. The van der Waals surface area contributed by atoms with E-state index in [2.05, 4.69) is 0 Å². The number of benzene rings is 3. The Morgan fingerprint density at radius 2 is 1.58 bits per heavy atom. The highest BCUT2D eigenvalue weighted by molar-refractivity contribution is 7.99. The number of para-hydroxylation sites is 2. The van der Waals surface area contributed by atoms with Gasteiger partial charge in [-0.2, -0.15) is 0 Å². The molecule has 0 spiro atoms.